The van der Waals surface area contributed by atoms with Crippen LogP contribution in [0.15, 0.2) is 24.3 Å². The molecule has 1 saturated heterocycles. The van der Waals surface area contributed by atoms with Crippen LogP contribution in [-0.4, -0.2) is 41.5 Å². The van der Waals surface area contributed by atoms with Gasteiger partial charge in [-0.1, -0.05) is 29.8 Å². The fourth-order valence-electron chi connectivity index (χ4n) is 2.97. The lowest BCUT2D eigenvalue weighted by molar-refractivity contribution is 0.0958. The number of aryl methyl sites for hydroxylation is 1. The van der Waals surface area contributed by atoms with Crippen LogP contribution in [0.25, 0.3) is 0 Å². The molecule has 110 valence electrons. The van der Waals surface area contributed by atoms with Crippen LogP contribution in [0.4, 0.5) is 0 Å². The molecular weight excluding hydrogens is 250 g/mol. The van der Waals surface area contributed by atoms with Gasteiger partial charge in [-0.15, -0.1) is 0 Å². The van der Waals surface area contributed by atoms with Crippen LogP contribution in [0, 0.1) is 6.92 Å². The third kappa shape index (κ3) is 4.15. The summed E-state index contributed by atoms with van der Waals surface area (Å²) in [7, 11) is 0. The summed E-state index contributed by atoms with van der Waals surface area (Å²) in [5.74, 6) is 0.234. The molecule has 2 rings (SSSR count). The van der Waals surface area contributed by atoms with E-state index in [2.05, 4.69) is 4.90 Å². The Morgan fingerprint density at radius 1 is 1.35 bits per heavy atom. The Morgan fingerprint density at radius 3 is 2.80 bits per heavy atom. The summed E-state index contributed by atoms with van der Waals surface area (Å²) in [4.78, 5) is 14.6. The van der Waals surface area contributed by atoms with E-state index in [0.29, 0.717) is 12.5 Å². The number of aliphatic hydroxyl groups is 1. The van der Waals surface area contributed by atoms with E-state index in [1.165, 1.54) is 18.4 Å². The van der Waals surface area contributed by atoms with E-state index in [0.717, 1.165) is 31.5 Å². The standard InChI is InChI=1S/C17H25NO2/c1-14-6-8-15(9-7-14)17(20)10-12-18-11-2-4-16(18)5-3-13-19/h6-9,16,19H,2-5,10-13H2,1H3. The summed E-state index contributed by atoms with van der Waals surface area (Å²) in [5, 5.41) is 8.93. The van der Waals surface area contributed by atoms with Gasteiger partial charge in [-0.3, -0.25) is 9.69 Å². The van der Waals surface area contributed by atoms with Crippen molar-refractivity contribution in [2.75, 3.05) is 19.7 Å². The number of rotatable bonds is 7. The lowest BCUT2D eigenvalue weighted by Gasteiger charge is -2.23. The molecule has 1 aliphatic heterocycles. The minimum absolute atomic E-state index is 0.234. The van der Waals surface area contributed by atoms with Crippen molar-refractivity contribution in [3.05, 3.63) is 35.4 Å². The SMILES string of the molecule is Cc1ccc(C(=O)CCN2CCCC2CCCO)cc1. The average molecular weight is 275 g/mol. The molecule has 3 nitrogen and oxygen atoms in total. The number of likely N-dealkylation sites (tertiary alicyclic amines) is 1. The Labute approximate surface area is 121 Å². The largest absolute Gasteiger partial charge is 0.396 e. The number of hydrogen-bond acceptors (Lipinski definition) is 3. The molecule has 0 aliphatic carbocycles. The van der Waals surface area contributed by atoms with Crippen molar-refractivity contribution in [2.24, 2.45) is 0 Å². The molecule has 1 aromatic rings. The minimum Gasteiger partial charge on any atom is -0.396 e. The number of aliphatic hydroxyl groups excluding tert-OH is 1. The van der Waals surface area contributed by atoms with Crippen LogP contribution in [0.3, 0.4) is 0 Å². The Morgan fingerprint density at radius 2 is 2.10 bits per heavy atom. The molecule has 1 fully saturated rings. The number of carbonyl (C=O) groups is 1. The molecule has 0 radical (unpaired) electrons. The fourth-order valence-corrected chi connectivity index (χ4v) is 2.97. The predicted molar refractivity (Wildman–Crippen MR) is 81.0 cm³/mol. The minimum atomic E-state index is 0.234. The van der Waals surface area contributed by atoms with Crippen LogP contribution >= 0.6 is 0 Å². The first-order valence-corrected chi connectivity index (χ1v) is 7.65. The maximum absolute atomic E-state index is 12.2. The van der Waals surface area contributed by atoms with E-state index in [9.17, 15) is 4.79 Å². The van der Waals surface area contributed by atoms with Gasteiger partial charge in [0.1, 0.15) is 0 Å². The van der Waals surface area contributed by atoms with Crippen LogP contribution in [0.5, 0.6) is 0 Å². The van der Waals surface area contributed by atoms with Gasteiger partial charge in [0, 0.05) is 31.2 Å². The first-order chi connectivity index (χ1) is 9.70. The molecule has 1 aliphatic rings. The lowest BCUT2D eigenvalue weighted by Crippen LogP contribution is -2.31. The highest BCUT2D eigenvalue weighted by Gasteiger charge is 2.24. The molecule has 1 aromatic carbocycles. The zero-order valence-corrected chi connectivity index (χ0v) is 12.3. The second-order valence-electron chi connectivity index (χ2n) is 5.74. The first-order valence-electron chi connectivity index (χ1n) is 7.65. The summed E-state index contributed by atoms with van der Waals surface area (Å²) >= 11 is 0. The number of benzene rings is 1. The Hall–Kier alpha value is -1.19. The smallest absolute Gasteiger partial charge is 0.164 e. The molecule has 20 heavy (non-hydrogen) atoms. The third-order valence-corrected chi connectivity index (χ3v) is 4.19. The van der Waals surface area contributed by atoms with Gasteiger partial charge in [0.2, 0.25) is 0 Å². The van der Waals surface area contributed by atoms with Gasteiger partial charge in [0.25, 0.3) is 0 Å². The summed E-state index contributed by atoms with van der Waals surface area (Å²) < 4.78 is 0. The van der Waals surface area contributed by atoms with Crippen molar-refractivity contribution in [1.29, 1.82) is 0 Å². The monoisotopic (exact) mass is 275 g/mol. The van der Waals surface area contributed by atoms with Crippen molar-refractivity contribution < 1.29 is 9.90 Å². The van der Waals surface area contributed by atoms with Crippen molar-refractivity contribution in [3.63, 3.8) is 0 Å². The molecule has 1 heterocycles. The van der Waals surface area contributed by atoms with Crippen LogP contribution < -0.4 is 0 Å². The topological polar surface area (TPSA) is 40.5 Å². The summed E-state index contributed by atoms with van der Waals surface area (Å²) in [6.07, 6.45) is 4.94. The number of hydrogen-bond donors (Lipinski definition) is 1. The molecule has 1 N–H and O–H groups in total. The molecule has 1 atom stereocenters. The quantitative estimate of drug-likeness (QED) is 0.778. The zero-order valence-electron chi connectivity index (χ0n) is 12.3. The second-order valence-corrected chi connectivity index (χ2v) is 5.74. The van der Waals surface area contributed by atoms with Gasteiger partial charge in [0.15, 0.2) is 5.78 Å². The Bertz CT molecular complexity index is 427. The van der Waals surface area contributed by atoms with E-state index in [4.69, 9.17) is 5.11 Å². The normalized spacial score (nSPS) is 19.4. The highest BCUT2D eigenvalue weighted by Crippen LogP contribution is 2.21. The van der Waals surface area contributed by atoms with Crippen molar-refractivity contribution >= 4 is 5.78 Å². The highest BCUT2D eigenvalue weighted by atomic mass is 16.2. The van der Waals surface area contributed by atoms with E-state index in [-0.39, 0.29) is 12.4 Å². The maximum atomic E-state index is 12.2. The molecular formula is C17H25NO2. The van der Waals surface area contributed by atoms with Crippen LogP contribution in [-0.2, 0) is 0 Å². The van der Waals surface area contributed by atoms with Gasteiger partial charge in [-0.05, 0) is 39.2 Å². The average Bonchev–Trinajstić information content (AvgIpc) is 2.90. The van der Waals surface area contributed by atoms with Gasteiger partial charge in [0.05, 0.1) is 0 Å². The fraction of sp³-hybridized carbons (Fsp3) is 0.588. The number of ketones is 1. The summed E-state index contributed by atoms with van der Waals surface area (Å²) in [5.41, 5.74) is 2.01. The molecule has 0 bridgehead atoms. The molecule has 0 saturated carbocycles. The number of Topliss-reactive ketones (excluding diaryl/α,β-unsaturated/α-hetero) is 1. The van der Waals surface area contributed by atoms with Crippen molar-refractivity contribution in [2.45, 2.75) is 45.1 Å². The lowest BCUT2D eigenvalue weighted by atomic mass is 10.1. The molecule has 0 aromatic heterocycles. The summed E-state index contributed by atoms with van der Waals surface area (Å²) in [6.45, 7) is 4.25. The second kappa shape index (κ2) is 7.55. The summed E-state index contributed by atoms with van der Waals surface area (Å²) in [6, 6.07) is 8.39. The Balaban J connectivity index is 1.81. The van der Waals surface area contributed by atoms with Gasteiger partial charge >= 0.3 is 0 Å². The molecule has 0 spiro atoms. The van der Waals surface area contributed by atoms with Gasteiger partial charge < -0.3 is 5.11 Å². The molecule has 0 amide bonds. The molecule has 3 heteroatoms. The first kappa shape index (κ1) is 15.2. The molecule has 1 unspecified atom stereocenters. The predicted octanol–water partition coefficient (Wildman–Crippen LogP) is 2.80. The van der Waals surface area contributed by atoms with Crippen LogP contribution in [0.1, 0.15) is 48.0 Å². The Kier molecular flexibility index (Phi) is 5.74. The van der Waals surface area contributed by atoms with Gasteiger partial charge in [-0.2, -0.15) is 0 Å². The van der Waals surface area contributed by atoms with E-state index in [1.54, 1.807) is 0 Å². The van der Waals surface area contributed by atoms with E-state index in [1.807, 2.05) is 31.2 Å². The van der Waals surface area contributed by atoms with Crippen molar-refractivity contribution in [1.82, 2.24) is 4.90 Å². The maximum Gasteiger partial charge on any atom is 0.164 e. The number of carbonyl (C=O) groups excluding carboxylic acids is 1. The van der Waals surface area contributed by atoms with E-state index < -0.39 is 0 Å². The third-order valence-electron chi connectivity index (χ3n) is 4.19. The van der Waals surface area contributed by atoms with E-state index >= 15 is 0 Å². The van der Waals surface area contributed by atoms with Crippen LogP contribution in [0.2, 0.25) is 0 Å². The zero-order chi connectivity index (χ0) is 14.4. The number of nitrogens with zero attached hydrogens (tertiary/aromatic N) is 1. The highest BCUT2D eigenvalue weighted by molar-refractivity contribution is 5.96. The van der Waals surface area contributed by atoms with Gasteiger partial charge in [-0.25, -0.2) is 0 Å². The van der Waals surface area contributed by atoms with Crippen molar-refractivity contribution in [3.8, 4) is 0 Å².